The second kappa shape index (κ2) is 5.58. The van der Waals surface area contributed by atoms with E-state index >= 15 is 0 Å². The van der Waals surface area contributed by atoms with Crippen LogP contribution in [0.15, 0.2) is 47.1 Å². The highest BCUT2D eigenvalue weighted by atomic mass is 16.5. The Hall–Kier alpha value is -2.89. The van der Waals surface area contributed by atoms with Gasteiger partial charge in [0.15, 0.2) is 0 Å². The summed E-state index contributed by atoms with van der Waals surface area (Å²) >= 11 is 0. The number of rotatable bonds is 4. The average Bonchev–Trinajstić information content (AvgIpc) is 3.42. The molecule has 1 fully saturated rings. The number of carbonyl (C=O) groups excluding carboxylic acids is 1. The summed E-state index contributed by atoms with van der Waals surface area (Å²) in [7, 11) is 0. The van der Waals surface area contributed by atoms with Gasteiger partial charge in [0.1, 0.15) is 0 Å². The molecule has 2 N–H and O–H groups in total. The summed E-state index contributed by atoms with van der Waals surface area (Å²) in [5.41, 5.74) is 1.81. The Labute approximate surface area is 144 Å². The zero-order valence-electron chi connectivity index (χ0n) is 13.6. The first-order valence-electron chi connectivity index (χ1n) is 8.64. The number of H-pyrrole nitrogens is 1. The summed E-state index contributed by atoms with van der Waals surface area (Å²) in [5.74, 6) is 1.97. The van der Waals surface area contributed by atoms with Crippen LogP contribution in [0.4, 0.5) is 0 Å². The standard InChI is InChI=1S/C19H18N4O2/c24-18(21-10-15-8-11-1-2-13(15)7-11)19-22-17(23-25-19)14-4-3-12-5-6-20-16(12)9-14/h1-6,9,11,13,15,20H,7-8,10H2,(H,21,24). The Morgan fingerprint density at radius 1 is 1.28 bits per heavy atom. The first-order chi connectivity index (χ1) is 12.3. The van der Waals surface area contributed by atoms with E-state index < -0.39 is 0 Å². The maximum absolute atomic E-state index is 12.3. The lowest BCUT2D eigenvalue weighted by molar-refractivity contribution is 0.0901. The molecule has 3 aromatic rings. The number of nitrogens with zero attached hydrogens (tertiary/aromatic N) is 2. The summed E-state index contributed by atoms with van der Waals surface area (Å²) in [4.78, 5) is 19.7. The molecule has 1 aromatic carbocycles. The lowest BCUT2D eigenvalue weighted by Gasteiger charge is -2.17. The van der Waals surface area contributed by atoms with Crippen LogP contribution >= 0.6 is 0 Å². The maximum Gasteiger partial charge on any atom is 0.316 e. The van der Waals surface area contributed by atoms with Gasteiger partial charge in [0, 0.05) is 23.8 Å². The predicted molar refractivity (Wildman–Crippen MR) is 92.8 cm³/mol. The Morgan fingerprint density at radius 2 is 2.24 bits per heavy atom. The van der Waals surface area contributed by atoms with Crippen molar-refractivity contribution in [1.82, 2.24) is 20.4 Å². The lowest BCUT2D eigenvalue weighted by atomic mass is 9.94. The zero-order chi connectivity index (χ0) is 16.8. The van der Waals surface area contributed by atoms with Crippen LogP contribution in [0.1, 0.15) is 23.5 Å². The molecule has 126 valence electrons. The summed E-state index contributed by atoms with van der Waals surface area (Å²) in [6, 6.07) is 7.85. The Balaban J connectivity index is 1.28. The molecule has 6 nitrogen and oxygen atoms in total. The number of hydrogen-bond donors (Lipinski definition) is 2. The van der Waals surface area contributed by atoms with Gasteiger partial charge in [-0.25, -0.2) is 0 Å². The van der Waals surface area contributed by atoms with E-state index in [9.17, 15) is 4.79 Å². The van der Waals surface area contributed by atoms with Crippen LogP contribution in [0, 0.1) is 17.8 Å². The molecule has 2 aliphatic rings. The van der Waals surface area contributed by atoms with Crippen molar-refractivity contribution in [3.8, 4) is 11.4 Å². The number of aromatic nitrogens is 3. The van der Waals surface area contributed by atoms with Crippen LogP contribution in [0.5, 0.6) is 0 Å². The normalized spacial score (nSPS) is 24.2. The van der Waals surface area contributed by atoms with E-state index in [1.807, 2.05) is 30.5 Å². The minimum atomic E-state index is -0.300. The molecular weight excluding hydrogens is 316 g/mol. The van der Waals surface area contributed by atoms with E-state index in [0.717, 1.165) is 22.9 Å². The fourth-order valence-corrected chi connectivity index (χ4v) is 4.05. The second-order valence-electron chi connectivity index (χ2n) is 6.95. The van der Waals surface area contributed by atoms with E-state index in [0.29, 0.717) is 30.1 Å². The SMILES string of the molecule is O=C(NCC1CC2C=CC1C2)c1nc(-c2ccc3cc[nH]c3c2)no1. The average molecular weight is 334 g/mol. The molecule has 1 amide bonds. The van der Waals surface area contributed by atoms with Crippen LogP contribution in [0.3, 0.4) is 0 Å². The highest BCUT2D eigenvalue weighted by Crippen LogP contribution is 2.42. The number of aromatic amines is 1. The van der Waals surface area contributed by atoms with Gasteiger partial charge in [0.2, 0.25) is 5.82 Å². The van der Waals surface area contributed by atoms with E-state index in [-0.39, 0.29) is 11.8 Å². The molecule has 2 bridgehead atoms. The van der Waals surface area contributed by atoms with E-state index in [2.05, 4.69) is 32.6 Å². The molecule has 0 spiro atoms. The van der Waals surface area contributed by atoms with Crippen molar-refractivity contribution in [2.75, 3.05) is 6.54 Å². The molecule has 6 heteroatoms. The minimum absolute atomic E-state index is 0.0141. The zero-order valence-corrected chi connectivity index (χ0v) is 13.6. The molecule has 0 radical (unpaired) electrons. The first kappa shape index (κ1) is 14.5. The lowest BCUT2D eigenvalue weighted by Crippen LogP contribution is -2.31. The molecule has 5 rings (SSSR count). The van der Waals surface area contributed by atoms with Crippen LogP contribution in [-0.4, -0.2) is 27.6 Å². The summed E-state index contributed by atoms with van der Waals surface area (Å²) in [6.07, 6.45) is 8.86. The third-order valence-corrected chi connectivity index (χ3v) is 5.37. The molecule has 0 saturated heterocycles. The highest BCUT2D eigenvalue weighted by Gasteiger charge is 2.35. The Kier molecular flexibility index (Phi) is 3.23. The summed E-state index contributed by atoms with van der Waals surface area (Å²) < 4.78 is 5.15. The summed E-state index contributed by atoms with van der Waals surface area (Å²) in [5, 5.41) is 8.00. The molecule has 2 heterocycles. The topological polar surface area (TPSA) is 83.8 Å². The molecule has 25 heavy (non-hydrogen) atoms. The van der Waals surface area contributed by atoms with Crippen molar-refractivity contribution in [3.63, 3.8) is 0 Å². The van der Waals surface area contributed by atoms with Gasteiger partial charge < -0.3 is 14.8 Å². The molecule has 3 unspecified atom stereocenters. The number of allylic oxidation sites excluding steroid dienone is 2. The molecule has 0 aliphatic heterocycles. The molecule has 1 saturated carbocycles. The molecule has 2 aromatic heterocycles. The molecular formula is C19H18N4O2. The Morgan fingerprint density at radius 3 is 3.08 bits per heavy atom. The fraction of sp³-hybridized carbons (Fsp3) is 0.316. The van der Waals surface area contributed by atoms with Crippen LogP contribution in [0.2, 0.25) is 0 Å². The predicted octanol–water partition coefficient (Wildman–Crippen LogP) is 3.16. The van der Waals surface area contributed by atoms with Crippen LogP contribution in [0.25, 0.3) is 22.3 Å². The quantitative estimate of drug-likeness (QED) is 0.718. The van der Waals surface area contributed by atoms with Crippen LogP contribution in [-0.2, 0) is 0 Å². The van der Waals surface area contributed by atoms with Gasteiger partial charge in [0.25, 0.3) is 0 Å². The van der Waals surface area contributed by atoms with Gasteiger partial charge in [-0.2, -0.15) is 4.98 Å². The van der Waals surface area contributed by atoms with Crippen molar-refractivity contribution in [3.05, 3.63) is 48.5 Å². The monoisotopic (exact) mass is 334 g/mol. The molecule has 3 atom stereocenters. The van der Waals surface area contributed by atoms with E-state index in [4.69, 9.17) is 4.52 Å². The van der Waals surface area contributed by atoms with Crippen molar-refractivity contribution in [2.45, 2.75) is 12.8 Å². The second-order valence-corrected chi connectivity index (χ2v) is 6.95. The number of hydrogen-bond acceptors (Lipinski definition) is 4. The van der Waals surface area contributed by atoms with Gasteiger partial charge in [-0.3, -0.25) is 4.79 Å². The number of amides is 1. The minimum Gasteiger partial charge on any atom is -0.361 e. The third kappa shape index (κ3) is 2.54. The molecule has 2 aliphatic carbocycles. The number of carbonyl (C=O) groups is 1. The van der Waals surface area contributed by atoms with Crippen molar-refractivity contribution < 1.29 is 9.32 Å². The fourth-order valence-electron chi connectivity index (χ4n) is 4.05. The van der Waals surface area contributed by atoms with Crippen molar-refractivity contribution in [2.24, 2.45) is 17.8 Å². The van der Waals surface area contributed by atoms with Gasteiger partial charge >= 0.3 is 11.8 Å². The first-order valence-corrected chi connectivity index (χ1v) is 8.64. The maximum atomic E-state index is 12.3. The van der Waals surface area contributed by atoms with Gasteiger partial charge in [0.05, 0.1) is 0 Å². The van der Waals surface area contributed by atoms with Crippen molar-refractivity contribution in [1.29, 1.82) is 0 Å². The van der Waals surface area contributed by atoms with E-state index in [1.165, 1.54) is 6.42 Å². The van der Waals surface area contributed by atoms with Gasteiger partial charge in [-0.05, 0) is 48.1 Å². The Bertz CT molecular complexity index is 971. The smallest absolute Gasteiger partial charge is 0.316 e. The van der Waals surface area contributed by atoms with Gasteiger partial charge in [-0.15, -0.1) is 0 Å². The third-order valence-electron chi connectivity index (χ3n) is 5.37. The van der Waals surface area contributed by atoms with Crippen molar-refractivity contribution >= 4 is 16.8 Å². The number of benzene rings is 1. The van der Waals surface area contributed by atoms with Gasteiger partial charge in [-0.1, -0.05) is 29.4 Å². The summed E-state index contributed by atoms with van der Waals surface area (Å²) in [6.45, 7) is 0.663. The number of fused-ring (bicyclic) bond motifs is 3. The number of nitrogens with one attached hydrogen (secondary N) is 2. The van der Waals surface area contributed by atoms with Crippen LogP contribution < -0.4 is 5.32 Å². The van der Waals surface area contributed by atoms with E-state index in [1.54, 1.807) is 0 Å². The highest BCUT2D eigenvalue weighted by molar-refractivity contribution is 5.90. The largest absolute Gasteiger partial charge is 0.361 e.